The van der Waals surface area contributed by atoms with Crippen molar-refractivity contribution in [3.63, 3.8) is 0 Å². The standard InChI is InChI=1S/C22H22N4O6S/c1-31-22-9-6-16-4-2-3-5-18(16)19(22)15-23-24-20-8-7-17(14-21(20)26(27)28)33(29,30)25-10-12-32-13-11-25/h2-9,14-15,24H,10-13H2,1H3. The Balaban J connectivity index is 1.64. The van der Waals surface area contributed by atoms with Crippen molar-refractivity contribution in [3.05, 3.63) is 70.3 Å². The van der Waals surface area contributed by atoms with Gasteiger partial charge in [0.15, 0.2) is 0 Å². The van der Waals surface area contributed by atoms with Gasteiger partial charge >= 0.3 is 0 Å². The average molecular weight is 471 g/mol. The first kappa shape index (κ1) is 22.6. The fourth-order valence-corrected chi connectivity index (χ4v) is 5.04. The average Bonchev–Trinajstić information content (AvgIpc) is 2.84. The van der Waals surface area contributed by atoms with Gasteiger partial charge in [-0.1, -0.05) is 30.3 Å². The summed E-state index contributed by atoms with van der Waals surface area (Å²) in [5.74, 6) is 0.598. The Hall–Kier alpha value is -3.54. The van der Waals surface area contributed by atoms with Gasteiger partial charge in [-0.25, -0.2) is 8.42 Å². The molecule has 3 aromatic rings. The number of hydrogen-bond donors (Lipinski definition) is 1. The maximum absolute atomic E-state index is 12.9. The molecule has 0 spiro atoms. The fraction of sp³-hybridized carbons (Fsp3) is 0.227. The second-order valence-corrected chi connectivity index (χ2v) is 9.16. The molecule has 172 valence electrons. The normalized spacial score (nSPS) is 15.1. The number of fused-ring (bicyclic) bond motifs is 1. The molecule has 1 aliphatic heterocycles. The van der Waals surface area contributed by atoms with Crippen LogP contribution in [0.1, 0.15) is 5.56 Å². The molecule has 1 N–H and O–H groups in total. The summed E-state index contributed by atoms with van der Waals surface area (Å²) in [6, 6.07) is 15.1. The second-order valence-electron chi connectivity index (χ2n) is 7.23. The number of sulfonamides is 1. The smallest absolute Gasteiger partial charge is 0.295 e. The van der Waals surface area contributed by atoms with Crippen LogP contribution in [-0.2, 0) is 14.8 Å². The number of anilines is 1. The Morgan fingerprint density at radius 3 is 2.64 bits per heavy atom. The number of rotatable bonds is 7. The molecule has 3 aromatic carbocycles. The van der Waals surface area contributed by atoms with Crippen LogP contribution < -0.4 is 10.2 Å². The molecular weight excluding hydrogens is 448 g/mol. The molecule has 1 fully saturated rings. The van der Waals surface area contributed by atoms with Crippen LogP contribution in [0, 0.1) is 10.1 Å². The maximum Gasteiger partial charge on any atom is 0.295 e. The number of nitrogens with one attached hydrogen (secondary N) is 1. The summed E-state index contributed by atoms with van der Waals surface area (Å²) in [5, 5.41) is 17.7. The van der Waals surface area contributed by atoms with Crippen LogP contribution in [0.15, 0.2) is 64.6 Å². The predicted octanol–water partition coefficient (Wildman–Crippen LogP) is 3.22. The molecule has 10 nitrogen and oxygen atoms in total. The van der Waals surface area contributed by atoms with E-state index in [2.05, 4.69) is 10.5 Å². The van der Waals surface area contributed by atoms with Crippen molar-refractivity contribution < 1.29 is 22.8 Å². The quantitative estimate of drug-likeness (QED) is 0.319. The molecule has 0 amide bonds. The molecule has 0 atom stereocenters. The highest BCUT2D eigenvalue weighted by Crippen LogP contribution is 2.30. The summed E-state index contributed by atoms with van der Waals surface area (Å²) in [4.78, 5) is 10.9. The molecule has 4 rings (SSSR count). The third-order valence-electron chi connectivity index (χ3n) is 5.30. The number of morpholine rings is 1. The number of nitro groups is 1. The zero-order valence-corrected chi connectivity index (χ0v) is 18.6. The number of nitro benzene ring substituents is 1. The second kappa shape index (κ2) is 9.53. The predicted molar refractivity (Wildman–Crippen MR) is 124 cm³/mol. The van der Waals surface area contributed by atoms with E-state index in [0.29, 0.717) is 11.3 Å². The highest BCUT2D eigenvalue weighted by molar-refractivity contribution is 7.89. The van der Waals surface area contributed by atoms with E-state index in [4.69, 9.17) is 9.47 Å². The Morgan fingerprint density at radius 2 is 1.91 bits per heavy atom. The van der Waals surface area contributed by atoms with Crippen molar-refractivity contribution >= 4 is 38.4 Å². The minimum atomic E-state index is -3.87. The van der Waals surface area contributed by atoms with E-state index in [1.807, 2.05) is 36.4 Å². The summed E-state index contributed by atoms with van der Waals surface area (Å²) >= 11 is 0. The van der Waals surface area contributed by atoms with Crippen LogP contribution in [0.2, 0.25) is 0 Å². The van der Waals surface area contributed by atoms with E-state index in [9.17, 15) is 18.5 Å². The minimum absolute atomic E-state index is 0.0661. The van der Waals surface area contributed by atoms with Gasteiger partial charge < -0.3 is 9.47 Å². The van der Waals surface area contributed by atoms with Crippen LogP contribution in [0.5, 0.6) is 5.75 Å². The lowest BCUT2D eigenvalue weighted by Crippen LogP contribution is -2.40. The zero-order valence-electron chi connectivity index (χ0n) is 17.8. The van der Waals surface area contributed by atoms with Crippen molar-refractivity contribution in [3.8, 4) is 5.75 Å². The molecule has 11 heteroatoms. The summed E-state index contributed by atoms with van der Waals surface area (Å²) in [5.41, 5.74) is 3.04. The van der Waals surface area contributed by atoms with Crippen molar-refractivity contribution in [1.82, 2.24) is 4.31 Å². The molecule has 0 radical (unpaired) electrons. The van der Waals surface area contributed by atoms with E-state index >= 15 is 0 Å². The van der Waals surface area contributed by atoms with Gasteiger partial charge in [-0.3, -0.25) is 15.5 Å². The Labute approximate surface area is 190 Å². The number of nitrogens with zero attached hydrogens (tertiary/aromatic N) is 3. The number of benzene rings is 3. The molecule has 0 unspecified atom stereocenters. The van der Waals surface area contributed by atoms with Crippen LogP contribution in [0.4, 0.5) is 11.4 Å². The summed E-state index contributed by atoms with van der Waals surface area (Å²) in [6.07, 6.45) is 1.52. The number of hydrogen-bond acceptors (Lipinski definition) is 8. The van der Waals surface area contributed by atoms with E-state index in [0.717, 1.165) is 16.8 Å². The van der Waals surface area contributed by atoms with E-state index in [1.165, 1.54) is 22.7 Å². The summed E-state index contributed by atoms with van der Waals surface area (Å²) in [7, 11) is -2.32. The van der Waals surface area contributed by atoms with Crippen LogP contribution in [0.25, 0.3) is 10.8 Å². The first-order chi connectivity index (χ1) is 15.9. The van der Waals surface area contributed by atoms with Gasteiger partial charge in [0, 0.05) is 24.7 Å². The van der Waals surface area contributed by atoms with Crippen molar-refractivity contribution in [1.29, 1.82) is 0 Å². The molecule has 1 heterocycles. The van der Waals surface area contributed by atoms with Gasteiger partial charge in [0.1, 0.15) is 11.4 Å². The summed E-state index contributed by atoms with van der Waals surface area (Å²) < 4.78 is 37.6. The van der Waals surface area contributed by atoms with Gasteiger partial charge in [-0.15, -0.1) is 0 Å². The van der Waals surface area contributed by atoms with E-state index in [1.54, 1.807) is 7.11 Å². The third-order valence-corrected chi connectivity index (χ3v) is 7.20. The Kier molecular flexibility index (Phi) is 6.54. The highest BCUT2D eigenvalue weighted by Gasteiger charge is 2.28. The first-order valence-corrected chi connectivity index (χ1v) is 11.6. The lowest BCUT2D eigenvalue weighted by atomic mass is 10.0. The largest absolute Gasteiger partial charge is 0.496 e. The van der Waals surface area contributed by atoms with Crippen molar-refractivity contribution in [2.45, 2.75) is 4.90 Å². The topological polar surface area (TPSA) is 123 Å². The minimum Gasteiger partial charge on any atom is -0.496 e. The molecular formula is C22H22N4O6S. The van der Waals surface area contributed by atoms with Gasteiger partial charge in [0.05, 0.1) is 36.4 Å². The lowest BCUT2D eigenvalue weighted by Gasteiger charge is -2.26. The Bertz CT molecular complexity index is 1320. The Morgan fingerprint density at radius 1 is 1.15 bits per heavy atom. The molecule has 0 saturated carbocycles. The highest BCUT2D eigenvalue weighted by atomic mass is 32.2. The molecule has 33 heavy (non-hydrogen) atoms. The van der Waals surface area contributed by atoms with Gasteiger partial charge in [0.2, 0.25) is 10.0 Å². The van der Waals surface area contributed by atoms with Gasteiger partial charge in [-0.2, -0.15) is 9.41 Å². The fourth-order valence-electron chi connectivity index (χ4n) is 3.61. The summed E-state index contributed by atoms with van der Waals surface area (Å²) in [6.45, 7) is 0.973. The van der Waals surface area contributed by atoms with Crippen LogP contribution in [0.3, 0.4) is 0 Å². The number of methoxy groups -OCH3 is 1. The number of hydrazone groups is 1. The molecule has 1 saturated heterocycles. The van der Waals surface area contributed by atoms with Gasteiger partial charge in [-0.05, 0) is 29.0 Å². The van der Waals surface area contributed by atoms with Crippen molar-refractivity contribution in [2.75, 3.05) is 38.8 Å². The molecule has 1 aliphatic rings. The molecule has 0 aliphatic carbocycles. The van der Waals surface area contributed by atoms with E-state index < -0.39 is 20.6 Å². The zero-order chi connectivity index (χ0) is 23.4. The monoisotopic (exact) mass is 470 g/mol. The molecule has 0 bridgehead atoms. The first-order valence-electron chi connectivity index (χ1n) is 10.1. The third kappa shape index (κ3) is 4.65. The van der Waals surface area contributed by atoms with E-state index in [-0.39, 0.29) is 36.9 Å². The maximum atomic E-state index is 12.9. The van der Waals surface area contributed by atoms with Crippen molar-refractivity contribution in [2.24, 2.45) is 5.10 Å². The van der Waals surface area contributed by atoms with Gasteiger partial charge in [0.25, 0.3) is 5.69 Å². The van der Waals surface area contributed by atoms with Crippen LogP contribution in [-0.4, -0.2) is 57.3 Å². The lowest BCUT2D eigenvalue weighted by molar-refractivity contribution is -0.384. The number of ether oxygens (including phenoxy) is 2. The molecule has 0 aromatic heterocycles. The SMILES string of the molecule is COc1ccc2ccccc2c1C=NNc1ccc(S(=O)(=O)N2CCOCC2)cc1[N+](=O)[O-]. The van der Waals surface area contributed by atoms with Crippen LogP contribution >= 0.6 is 0 Å².